The molecule has 2 aromatic carbocycles. The van der Waals surface area contributed by atoms with Gasteiger partial charge in [0.25, 0.3) is 0 Å². The molecule has 0 aliphatic carbocycles. The van der Waals surface area contributed by atoms with Crippen LogP contribution in [0.15, 0.2) is 42.5 Å². The Morgan fingerprint density at radius 3 is 2.67 bits per heavy atom. The van der Waals surface area contributed by atoms with E-state index in [1.165, 1.54) is 21.8 Å². The van der Waals surface area contributed by atoms with Crippen LogP contribution < -0.4 is 10.6 Å². The van der Waals surface area contributed by atoms with Crippen LogP contribution >= 0.6 is 12.2 Å². The number of nitrogens with zero attached hydrogens (tertiary/aromatic N) is 1. The molecule has 2 N–H and O–H groups in total. The average Bonchev–Trinajstić information content (AvgIpc) is 2.88. The van der Waals surface area contributed by atoms with Gasteiger partial charge in [-0.05, 0) is 50.3 Å². The number of hydrogen-bond donors (Lipinski definition) is 2. The highest BCUT2D eigenvalue weighted by Gasteiger charge is 2.10. The van der Waals surface area contributed by atoms with Gasteiger partial charge in [0.2, 0.25) is 0 Å². The molecule has 4 nitrogen and oxygen atoms in total. The minimum absolute atomic E-state index is 0.167. The number of benzene rings is 2. The second kappa shape index (κ2) is 7.20. The highest BCUT2D eigenvalue weighted by molar-refractivity contribution is 7.80. The second-order valence-corrected chi connectivity index (χ2v) is 6.36. The number of thiocarbonyl (C=S) groups is 1. The minimum Gasteiger partial charge on any atom is -0.383 e. The zero-order valence-electron chi connectivity index (χ0n) is 14.3. The molecule has 0 saturated heterocycles. The zero-order chi connectivity index (χ0) is 17.1. The van der Waals surface area contributed by atoms with E-state index in [9.17, 15) is 0 Å². The number of fused-ring (bicyclic) bond motifs is 3. The van der Waals surface area contributed by atoms with E-state index in [1.54, 1.807) is 7.11 Å². The predicted molar refractivity (Wildman–Crippen MR) is 106 cm³/mol. The fraction of sp³-hybridized carbons (Fsp3) is 0.316. The van der Waals surface area contributed by atoms with E-state index < -0.39 is 0 Å². The standard InChI is InChI=1S/C19H23N3OS/c1-4-22-17-8-6-5-7-15(17)16-11-14(9-10-18(16)22)21-19(24)20-13(2)12-23-3/h5-11,13H,4,12H2,1-3H3,(H2,20,21,24). The Bertz CT molecular complexity index is 872. The average molecular weight is 341 g/mol. The summed E-state index contributed by atoms with van der Waals surface area (Å²) in [5.74, 6) is 0. The largest absolute Gasteiger partial charge is 0.383 e. The molecular formula is C19H23N3OS. The number of para-hydroxylation sites is 1. The number of methoxy groups -OCH3 is 1. The fourth-order valence-corrected chi connectivity index (χ4v) is 3.47. The molecule has 0 spiro atoms. The van der Waals surface area contributed by atoms with Crippen molar-refractivity contribution in [2.45, 2.75) is 26.4 Å². The first-order valence-electron chi connectivity index (χ1n) is 8.21. The van der Waals surface area contributed by atoms with Gasteiger partial charge >= 0.3 is 0 Å². The topological polar surface area (TPSA) is 38.2 Å². The Labute approximate surface area is 147 Å². The van der Waals surface area contributed by atoms with Crippen molar-refractivity contribution in [3.63, 3.8) is 0 Å². The molecule has 0 amide bonds. The third-order valence-electron chi connectivity index (χ3n) is 4.14. The van der Waals surface area contributed by atoms with E-state index >= 15 is 0 Å². The summed E-state index contributed by atoms with van der Waals surface area (Å²) < 4.78 is 7.46. The Hall–Kier alpha value is -2.11. The molecule has 0 aliphatic heterocycles. The van der Waals surface area contributed by atoms with Crippen LogP contribution in [0.1, 0.15) is 13.8 Å². The van der Waals surface area contributed by atoms with Crippen molar-refractivity contribution in [3.05, 3.63) is 42.5 Å². The summed E-state index contributed by atoms with van der Waals surface area (Å²) in [6, 6.07) is 15.1. The Morgan fingerprint density at radius 2 is 1.92 bits per heavy atom. The van der Waals surface area contributed by atoms with Gasteiger partial charge in [-0.15, -0.1) is 0 Å². The maximum Gasteiger partial charge on any atom is 0.171 e. The van der Waals surface area contributed by atoms with Gasteiger partial charge in [-0.3, -0.25) is 0 Å². The lowest BCUT2D eigenvalue weighted by Gasteiger charge is -2.16. The zero-order valence-corrected chi connectivity index (χ0v) is 15.1. The van der Waals surface area contributed by atoms with Crippen LogP contribution in [-0.4, -0.2) is 29.4 Å². The maximum atomic E-state index is 5.39. The van der Waals surface area contributed by atoms with Gasteiger partial charge in [-0.25, -0.2) is 0 Å². The van der Waals surface area contributed by atoms with E-state index in [1.807, 2.05) is 6.92 Å². The molecule has 1 atom stereocenters. The number of rotatable bonds is 5. The number of ether oxygens (including phenoxy) is 1. The molecule has 1 heterocycles. The second-order valence-electron chi connectivity index (χ2n) is 5.95. The SMILES string of the molecule is CCn1c2ccccc2c2cc(NC(=S)NC(C)COC)ccc21. The van der Waals surface area contributed by atoms with Crippen LogP contribution in [-0.2, 0) is 11.3 Å². The van der Waals surface area contributed by atoms with Crippen LogP contribution in [0.2, 0.25) is 0 Å². The molecule has 3 aromatic rings. The fourth-order valence-electron chi connectivity index (χ4n) is 3.15. The number of nitrogens with one attached hydrogen (secondary N) is 2. The summed E-state index contributed by atoms with van der Waals surface area (Å²) >= 11 is 5.39. The molecule has 126 valence electrons. The Kier molecular flexibility index (Phi) is 5.02. The summed E-state index contributed by atoms with van der Waals surface area (Å²) in [6.07, 6.45) is 0. The first-order chi connectivity index (χ1) is 11.6. The van der Waals surface area contributed by atoms with Gasteiger partial charge in [0.1, 0.15) is 0 Å². The number of anilines is 1. The van der Waals surface area contributed by atoms with Crippen LogP contribution in [0.25, 0.3) is 21.8 Å². The molecule has 1 unspecified atom stereocenters. The molecule has 0 saturated carbocycles. The van der Waals surface area contributed by atoms with Crippen LogP contribution in [0, 0.1) is 0 Å². The lowest BCUT2D eigenvalue weighted by molar-refractivity contribution is 0.179. The summed E-state index contributed by atoms with van der Waals surface area (Å²) in [7, 11) is 1.69. The molecule has 3 rings (SSSR count). The lowest BCUT2D eigenvalue weighted by Crippen LogP contribution is -2.38. The number of aryl methyl sites for hydroxylation is 1. The summed E-state index contributed by atoms with van der Waals surface area (Å²) in [5, 5.41) is 9.61. The Balaban J connectivity index is 1.91. The van der Waals surface area contributed by atoms with Gasteiger partial charge in [0, 0.05) is 47.2 Å². The smallest absolute Gasteiger partial charge is 0.171 e. The van der Waals surface area contributed by atoms with E-state index in [4.69, 9.17) is 17.0 Å². The van der Waals surface area contributed by atoms with Crippen LogP contribution in [0.4, 0.5) is 5.69 Å². The van der Waals surface area contributed by atoms with Crippen molar-refractivity contribution in [2.24, 2.45) is 0 Å². The molecule has 0 aliphatic rings. The third kappa shape index (κ3) is 3.23. The van der Waals surface area contributed by atoms with Gasteiger partial charge in [-0.1, -0.05) is 18.2 Å². The van der Waals surface area contributed by atoms with Crippen molar-refractivity contribution < 1.29 is 4.74 Å². The minimum atomic E-state index is 0.167. The lowest BCUT2D eigenvalue weighted by atomic mass is 10.1. The summed E-state index contributed by atoms with van der Waals surface area (Å²) in [4.78, 5) is 0. The van der Waals surface area contributed by atoms with E-state index in [2.05, 4.69) is 64.6 Å². The van der Waals surface area contributed by atoms with Crippen molar-refractivity contribution in [1.29, 1.82) is 0 Å². The van der Waals surface area contributed by atoms with Gasteiger partial charge in [0.15, 0.2) is 5.11 Å². The highest BCUT2D eigenvalue weighted by Crippen LogP contribution is 2.30. The maximum absolute atomic E-state index is 5.39. The van der Waals surface area contributed by atoms with Crippen molar-refractivity contribution in [2.75, 3.05) is 19.0 Å². The van der Waals surface area contributed by atoms with Crippen LogP contribution in [0.5, 0.6) is 0 Å². The van der Waals surface area contributed by atoms with E-state index in [-0.39, 0.29) is 6.04 Å². The first kappa shape index (κ1) is 16.7. The molecule has 1 aromatic heterocycles. The highest BCUT2D eigenvalue weighted by atomic mass is 32.1. The van der Waals surface area contributed by atoms with E-state index in [0.29, 0.717) is 11.7 Å². The van der Waals surface area contributed by atoms with Gasteiger partial charge in [0.05, 0.1) is 6.61 Å². The van der Waals surface area contributed by atoms with E-state index in [0.717, 1.165) is 12.2 Å². The molecule has 0 radical (unpaired) electrons. The molecule has 24 heavy (non-hydrogen) atoms. The van der Waals surface area contributed by atoms with Crippen molar-refractivity contribution in [1.82, 2.24) is 9.88 Å². The van der Waals surface area contributed by atoms with Gasteiger partial charge < -0.3 is 19.9 Å². The van der Waals surface area contributed by atoms with Gasteiger partial charge in [-0.2, -0.15) is 0 Å². The quantitative estimate of drug-likeness (QED) is 0.684. The number of hydrogen-bond acceptors (Lipinski definition) is 2. The summed E-state index contributed by atoms with van der Waals surface area (Å²) in [5.41, 5.74) is 3.50. The molecular weight excluding hydrogens is 318 g/mol. The van der Waals surface area contributed by atoms with Crippen LogP contribution in [0.3, 0.4) is 0 Å². The van der Waals surface area contributed by atoms with Crippen molar-refractivity contribution in [3.8, 4) is 0 Å². The first-order valence-corrected chi connectivity index (χ1v) is 8.62. The molecule has 5 heteroatoms. The molecule has 0 fully saturated rings. The molecule has 0 bridgehead atoms. The normalized spacial score (nSPS) is 12.5. The number of aromatic nitrogens is 1. The Morgan fingerprint density at radius 1 is 1.17 bits per heavy atom. The van der Waals surface area contributed by atoms with Crippen molar-refractivity contribution >= 4 is 44.8 Å². The summed E-state index contributed by atoms with van der Waals surface area (Å²) in [6.45, 7) is 5.78. The predicted octanol–water partition coefficient (Wildman–Crippen LogP) is 4.14. The monoisotopic (exact) mass is 341 g/mol. The third-order valence-corrected chi connectivity index (χ3v) is 4.36.